The van der Waals surface area contributed by atoms with Gasteiger partial charge in [0.1, 0.15) is 0 Å². The zero-order chi connectivity index (χ0) is 12.5. The Kier molecular flexibility index (Phi) is 2.07. The van der Waals surface area contributed by atoms with Crippen LogP contribution in [0.15, 0.2) is 0 Å². The SMILES string of the molecule is O=C(O)C(O)(C1CC1)C12CC3CC(CC(C3)C1)C2. The van der Waals surface area contributed by atoms with Crippen LogP contribution in [0.1, 0.15) is 51.4 Å². The molecule has 0 saturated heterocycles. The van der Waals surface area contributed by atoms with Crippen LogP contribution in [0.5, 0.6) is 0 Å². The Balaban J connectivity index is 1.75. The minimum atomic E-state index is -1.41. The summed E-state index contributed by atoms with van der Waals surface area (Å²) in [5, 5.41) is 20.6. The molecule has 4 bridgehead atoms. The van der Waals surface area contributed by atoms with Crippen molar-refractivity contribution in [2.75, 3.05) is 0 Å². The first kappa shape index (κ1) is 11.3. The van der Waals surface area contributed by atoms with Crippen molar-refractivity contribution < 1.29 is 15.0 Å². The molecule has 5 saturated carbocycles. The van der Waals surface area contributed by atoms with Crippen LogP contribution < -0.4 is 0 Å². The average Bonchev–Trinajstić information content (AvgIpc) is 3.09. The summed E-state index contributed by atoms with van der Waals surface area (Å²) in [6.45, 7) is 0. The monoisotopic (exact) mass is 250 g/mol. The molecule has 0 amide bonds. The molecule has 0 radical (unpaired) electrons. The first-order chi connectivity index (χ1) is 8.53. The van der Waals surface area contributed by atoms with E-state index in [1.165, 1.54) is 19.3 Å². The maximum Gasteiger partial charge on any atom is 0.336 e. The third-order valence-electron chi connectivity index (χ3n) is 6.34. The second-order valence-corrected chi connectivity index (χ2v) is 7.54. The van der Waals surface area contributed by atoms with Gasteiger partial charge in [-0.15, -0.1) is 0 Å². The number of carboxylic acid groups (broad SMARTS) is 1. The minimum Gasteiger partial charge on any atom is -0.479 e. The fourth-order valence-corrected chi connectivity index (χ4v) is 5.91. The first-order valence-electron chi connectivity index (χ1n) is 7.49. The fraction of sp³-hybridized carbons (Fsp3) is 0.933. The van der Waals surface area contributed by atoms with Crippen molar-refractivity contribution in [3.63, 3.8) is 0 Å². The van der Waals surface area contributed by atoms with Crippen molar-refractivity contribution in [2.45, 2.75) is 57.0 Å². The smallest absolute Gasteiger partial charge is 0.336 e. The molecule has 0 aliphatic heterocycles. The van der Waals surface area contributed by atoms with Gasteiger partial charge in [0.05, 0.1) is 0 Å². The number of rotatable bonds is 3. The van der Waals surface area contributed by atoms with Crippen LogP contribution >= 0.6 is 0 Å². The van der Waals surface area contributed by atoms with Crippen molar-refractivity contribution >= 4 is 5.97 Å². The molecule has 5 rings (SSSR count). The second-order valence-electron chi connectivity index (χ2n) is 7.54. The summed E-state index contributed by atoms with van der Waals surface area (Å²) in [7, 11) is 0. The molecule has 0 aromatic heterocycles. The molecule has 100 valence electrons. The highest BCUT2D eigenvalue weighted by Gasteiger charge is 2.67. The van der Waals surface area contributed by atoms with Gasteiger partial charge in [0, 0.05) is 5.41 Å². The number of hydrogen-bond donors (Lipinski definition) is 2. The van der Waals surface area contributed by atoms with Crippen LogP contribution in [0.4, 0.5) is 0 Å². The third-order valence-corrected chi connectivity index (χ3v) is 6.34. The fourth-order valence-electron chi connectivity index (χ4n) is 5.91. The topological polar surface area (TPSA) is 57.5 Å². The first-order valence-corrected chi connectivity index (χ1v) is 7.49. The van der Waals surface area contributed by atoms with Crippen LogP contribution in [0.3, 0.4) is 0 Å². The van der Waals surface area contributed by atoms with Gasteiger partial charge in [-0.1, -0.05) is 0 Å². The van der Waals surface area contributed by atoms with Gasteiger partial charge in [0.2, 0.25) is 0 Å². The van der Waals surface area contributed by atoms with Gasteiger partial charge in [0.15, 0.2) is 5.60 Å². The molecule has 1 unspecified atom stereocenters. The van der Waals surface area contributed by atoms with Gasteiger partial charge < -0.3 is 10.2 Å². The van der Waals surface area contributed by atoms with Crippen LogP contribution in [-0.2, 0) is 4.79 Å². The van der Waals surface area contributed by atoms with E-state index in [1.807, 2.05) is 0 Å². The standard InChI is InChI=1S/C15H22O3/c16-13(17)15(18,12-1-2-12)14-6-9-3-10(7-14)5-11(4-9)8-14/h9-12,18H,1-8H2,(H,16,17). The molecule has 18 heavy (non-hydrogen) atoms. The summed E-state index contributed by atoms with van der Waals surface area (Å²) in [5.74, 6) is 1.18. The van der Waals surface area contributed by atoms with Gasteiger partial charge in [0.25, 0.3) is 0 Å². The Labute approximate surface area is 108 Å². The molecule has 5 aliphatic carbocycles. The summed E-state index contributed by atoms with van der Waals surface area (Å²) < 4.78 is 0. The molecular weight excluding hydrogens is 228 g/mol. The zero-order valence-electron chi connectivity index (χ0n) is 10.8. The highest BCUT2D eigenvalue weighted by atomic mass is 16.4. The van der Waals surface area contributed by atoms with E-state index in [1.54, 1.807) is 0 Å². The van der Waals surface area contributed by atoms with E-state index in [0.29, 0.717) is 17.8 Å². The average molecular weight is 250 g/mol. The van der Waals surface area contributed by atoms with E-state index in [0.717, 1.165) is 32.1 Å². The Morgan fingerprint density at radius 2 is 1.44 bits per heavy atom. The Hall–Kier alpha value is -0.570. The van der Waals surface area contributed by atoms with E-state index in [-0.39, 0.29) is 11.3 Å². The molecule has 0 spiro atoms. The number of aliphatic hydroxyl groups is 1. The predicted molar refractivity (Wildman–Crippen MR) is 65.9 cm³/mol. The summed E-state index contributed by atoms with van der Waals surface area (Å²) in [4.78, 5) is 11.8. The third kappa shape index (κ3) is 1.26. The van der Waals surface area contributed by atoms with E-state index >= 15 is 0 Å². The normalized spacial score (nSPS) is 49.1. The van der Waals surface area contributed by atoms with Gasteiger partial charge in [-0.2, -0.15) is 0 Å². The zero-order valence-corrected chi connectivity index (χ0v) is 10.8. The van der Waals surface area contributed by atoms with Crippen molar-refractivity contribution in [3.8, 4) is 0 Å². The van der Waals surface area contributed by atoms with Gasteiger partial charge in [-0.25, -0.2) is 4.79 Å². The van der Waals surface area contributed by atoms with E-state index < -0.39 is 11.6 Å². The number of hydrogen-bond acceptors (Lipinski definition) is 2. The lowest BCUT2D eigenvalue weighted by atomic mass is 9.44. The molecule has 3 nitrogen and oxygen atoms in total. The second kappa shape index (κ2) is 3.30. The van der Waals surface area contributed by atoms with Crippen molar-refractivity contribution in [1.29, 1.82) is 0 Å². The summed E-state index contributed by atoms with van der Waals surface area (Å²) >= 11 is 0. The van der Waals surface area contributed by atoms with Crippen molar-refractivity contribution in [3.05, 3.63) is 0 Å². The molecule has 0 aromatic carbocycles. The Bertz CT molecular complexity index is 363. The predicted octanol–water partition coefficient (Wildman–Crippen LogP) is 2.43. The van der Waals surface area contributed by atoms with Gasteiger partial charge in [-0.05, 0) is 75.0 Å². The largest absolute Gasteiger partial charge is 0.479 e. The lowest BCUT2D eigenvalue weighted by Crippen LogP contribution is -2.63. The van der Waals surface area contributed by atoms with E-state index in [2.05, 4.69) is 0 Å². The number of carbonyl (C=O) groups is 1. The lowest BCUT2D eigenvalue weighted by molar-refractivity contribution is -0.210. The molecule has 5 aliphatic rings. The summed E-state index contributed by atoms with van der Waals surface area (Å²) in [6, 6.07) is 0. The Morgan fingerprint density at radius 3 is 1.78 bits per heavy atom. The van der Waals surface area contributed by atoms with Crippen LogP contribution in [0.2, 0.25) is 0 Å². The number of aliphatic carboxylic acids is 1. The van der Waals surface area contributed by atoms with Gasteiger partial charge in [-0.3, -0.25) is 0 Å². The van der Waals surface area contributed by atoms with Crippen LogP contribution in [0, 0.1) is 29.1 Å². The van der Waals surface area contributed by atoms with Crippen molar-refractivity contribution in [2.24, 2.45) is 29.1 Å². The molecular formula is C15H22O3. The molecule has 5 fully saturated rings. The maximum atomic E-state index is 11.8. The lowest BCUT2D eigenvalue weighted by Gasteiger charge is -2.61. The quantitative estimate of drug-likeness (QED) is 0.808. The molecule has 1 atom stereocenters. The van der Waals surface area contributed by atoms with E-state index in [9.17, 15) is 15.0 Å². The van der Waals surface area contributed by atoms with Crippen molar-refractivity contribution in [1.82, 2.24) is 0 Å². The highest BCUT2D eigenvalue weighted by Crippen LogP contribution is 2.67. The van der Waals surface area contributed by atoms with E-state index in [4.69, 9.17) is 0 Å². The Morgan fingerprint density at radius 1 is 1.00 bits per heavy atom. The molecule has 0 heterocycles. The van der Waals surface area contributed by atoms with Crippen LogP contribution in [0.25, 0.3) is 0 Å². The van der Waals surface area contributed by atoms with Crippen LogP contribution in [-0.4, -0.2) is 21.8 Å². The molecule has 3 heteroatoms. The van der Waals surface area contributed by atoms with Gasteiger partial charge >= 0.3 is 5.97 Å². The molecule has 0 aromatic rings. The minimum absolute atomic E-state index is 0.0336. The molecule has 2 N–H and O–H groups in total. The highest BCUT2D eigenvalue weighted by molar-refractivity contribution is 5.79. The summed E-state index contributed by atoms with van der Waals surface area (Å²) in [6.07, 6.45) is 8.60. The number of carboxylic acids is 1. The maximum absolute atomic E-state index is 11.8. The summed E-state index contributed by atoms with van der Waals surface area (Å²) in [5.41, 5.74) is -1.70.